The number of sulfonamides is 1. The predicted octanol–water partition coefficient (Wildman–Crippen LogP) is 1.41. The highest BCUT2D eigenvalue weighted by Gasteiger charge is 2.12. The topological polar surface area (TPSA) is 63.2 Å². The lowest BCUT2D eigenvalue weighted by Gasteiger charge is -2.05. The van der Waals surface area contributed by atoms with Gasteiger partial charge in [0.05, 0.1) is 4.90 Å². The van der Waals surface area contributed by atoms with E-state index in [2.05, 4.69) is 4.72 Å². The summed E-state index contributed by atoms with van der Waals surface area (Å²) in [5.74, 6) is 0.114. The normalized spacial score (nSPS) is 11.4. The molecule has 0 saturated carbocycles. The van der Waals surface area contributed by atoms with Crippen molar-refractivity contribution in [3.63, 3.8) is 0 Å². The Hall–Kier alpha value is -0.910. The average molecular weight is 262 g/mol. The number of benzene rings is 1. The van der Waals surface area contributed by atoms with Gasteiger partial charge in [0.2, 0.25) is 10.0 Å². The summed E-state index contributed by atoms with van der Waals surface area (Å²) in [6.45, 7) is 1.60. The summed E-state index contributed by atoms with van der Waals surface area (Å²) in [7, 11) is -3.51. The second kappa shape index (κ2) is 5.43. The maximum atomic E-state index is 11.6. The van der Waals surface area contributed by atoms with Crippen molar-refractivity contribution in [2.75, 3.05) is 12.4 Å². The van der Waals surface area contributed by atoms with Crippen molar-refractivity contribution in [3.05, 3.63) is 29.8 Å². The van der Waals surface area contributed by atoms with Gasteiger partial charge in [-0.2, -0.15) is 0 Å². The molecule has 0 fully saturated rings. The van der Waals surface area contributed by atoms with Crippen molar-refractivity contribution < 1.29 is 13.2 Å². The molecular weight excluding hydrogens is 250 g/mol. The highest BCUT2D eigenvalue weighted by atomic mass is 35.5. The third-order valence-electron chi connectivity index (χ3n) is 1.96. The number of nitrogens with one attached hydrogen (secondary N) is 1. The molecule has 0 saturated heterocycles. The van der Waals surface area contributed by atoms with Crippen LogP contribution in [0, 0.1) is 0 Å². The standard InChI is InChI=1S/C10H12ClNO3S/c1-8(13)9-2-4-10(5-3-9)16(14,15)12-7-6-11/h2-5,12H,6-7H2,1H3. The molecule has 0 radical (unpaired) electrons. The molecule has 0 unspecified atom stereocenters. The van der Waals surface area contributed by atoms with Crippen LogP contribution < -0.4 is 4.72 Å². The van der Waals surface area contributed by atoms with Crippen molar-refractivity contribution in [2.45, 2.75) is 11.8 Å². The number of rotatable bonds is 5. The largest absolute Gasteiger partial charge is 0.295 e. The number of hydrogen-bond acceptors (Lipinski definition) is 3. The SMILES string of the molecule is CC(=O)c1ccc(S(=O)(=O)NCCCl)cc1. The number of hydrogen-bond donors (Lipinski definition) is 1. The molecule has 0 atom stereocenters. The van der Waals surface area contributed by atoms with Crippen LogP contribution in [0.25, 0.3) is 0 Å². The van der Waals surface area contributed by atoms with Crippen LogP contribution in [-0.4, -0.2) is 26.6 Å². The van der Waals surface area contributed by atoms with Crippen LogP contribution in [0.5, 0.6) is 0 Å². The Morgan fingerprint density at radius 1 is 1.31 bits per heavy atom. The van der Waals surface area contributed by atoms with Gasteiger partial charge >= 0.3 is 0 Å². The Labute approximate surface area is 99.7 Å². The zero-order valence-corrected chi connectivity index (χ0v) is 10.3. The van der Waals surface area contributed by atoms with Gasteiger partial charge in [-0.25, -0.2) is 13.1 Å². The van der Waals surface area contributed by atoms with Crippen molar-refractivity contribution in [1.82, 2.24) is 4.72 Å². The molecule has 1 aromatic rings. The maximum Gasteiger partial charge on any atom is 0.240 e. The first-order chi connectivity index (χ1) is 7.47. The first-order valence-electron chi connectivity index (χ1n) is 4.64. The van der Waals surface area contributed by atoms with Crippen molar-refractivity contribution >= 4 is 27.4 Å². The van der Waals surface area contributed by atoms with Gasteiger partial charge in [0.25, 0.3) is 0 Å². The van der Waals surface area contributed by atoms with Crippen molar-refractivity contribution in [2.24, 2.45) is 0 Å². The van der Waals surface area contributed by atoms with E-state index in [-0.39, 0.29) is 23.1 Å². The zero-order valence-electron chi connectivity index (χ0n) is 8.73. The summed E-state index contributed by atoms with van der Waals surface area (Å²) < 4.78 is 25.6. The molecule has 0 aromatic heterocycles. The van der Waals surface area contributed by atoms with E-state index in [1.807, 2.05) is 0 Å². The predicted molar refractivity (Wildman–Crippen MR) is 62.4 cm³/mol. The minimum atomic E-state index is -3.51. The van der Waals surface area contributed by atoms with Crippen LogP contribution in [0.3, 0.4) is 0 Å². The molecule has 0 amide bonds. The molecule has 16 heavy (non-hydrogen) atoms. The molecule has 0 aliphatic heterocycles. The molecule has 1 rings (SSSR count). The van der Waals surface area contributed by atoms with Crippen molar-refractivity contribution in [1.29, 1.82) is 0 Å². The van der Waals surface area contributed by atoms with Gasteiger partial charge in [-0.3, -0.25) is 4.79 Å². The zero-order chi connectivity index (χ0) is 12.2. The highest BCUT2D eigenvalue weighted by Crippen LogP contribution is 2.10. The van der Waals surface area contributed by atoms with E-state index in [0.29, 0.717) is 5.56 Å². The first-order valence-corrected chi connectivity index (χ1v) is 6.66. The first kappa shape index (κ1) is 13.2. The molecule has 0 bridgehead atoms. The molecule has 88 valence electrons. The molecule has 0 aliphatic carbocycles. The molecular formula is C10H12ClNO3S. The summed E-state index contributed by atoms with van der Waals surface area (Å²) in [6, 6.07) is 5.76. The summed E-state index contributed by atoms with van der Waals surface area (Å²) in [4.78, 5) is 11.1. The minimum absolute atomic E-state index is 0.0994. The molecule has 0 spiro atoms. The Bertz CT molecular complexity index is 467. The third-order valence-corrected chi connectivity index (χ3v) is 3.62. The summed E-state index contributed by atoms with van der Waals surface area (Å²) in [6.07, 6.45) is 0. The number of carbonyl (C=O) groups excluding carboxylic acids is 1. The van der Waals surface area contributed by atoms with Crippen LogP contribution in [0.1, 0.15) is 17.3 Å². The van der Waals surface area contributed by atoms with Gasteiger partial charge in [0.15, 0.2) is 5.78 Å². The van der Waals surface area contributed by atoms with E-state index in [1.54, 1.807) is 0 Å². The van der Waals surface area contributed by atoms with E-state index in [0.717, 1.165) is 0 Å². The van der Waals surface area contributed by atoms with Gasteiger partial charge in [-0.1, -0.05) is 12.1 Å². The second-order valence-corrected chi connectivity index (χ2v) is 5.31. The van der Waals surface area contributed by atoms with Crippen LogP contribution in [0.15, 0.2) is 29.2 Å². The van der Waals surface area contributed by atoms with Crippen molar-refractivity contribution in [3.8, 4) is 0 Å². The maximum absolute atomic E-state index is 11.6. The average Bonchev–Trinajstić information content (AvgIpc) is 2.26. The van der Waals surface area contributed by atoms with Gasteiger partial charge < -0.3 is 0 Å². The molecule has 1 N–H and O–H groups in total. The third kappa shape index (κ3) is 3.30. The summed E-state index contributed by atoms with van der Waals surface area (Å²) in [5, 5.41) is 0. The fraction of sp³-hybridized carbons (Fsp3) is 0.300. The van der Waals surface area contributed by atoms with E-state index in [4.69, 9.17) is 11.6 Å². The van der Waals surface area contributed by atoms with Crippen LogP contribution >= 0.6 is 11.6 Å². The second-order valence-electron chi connectivity index (χ2n) is 3.17. The van der Waals surface area contributed by atoms with Gasteiger partial charge in [-0.15, -0.1) is 11.6 Å². The number of halogens is 1. The van der Waals surface area contributed by atoms with Gasteiger partial charge in [0.1, 0.15) is 0 Å². The quantitative estimate of drug-likeness (QED) is 0.644. The van der Waals surface area contributed by atoms with Gasteiger partial charge in [0, 0.05) is 18.0 Å². The Morgan fingerprint density at radius 3 is 2.31 bits per heavy atom. The van der Waals surface area contributed by atoms with Crippen LogP contribution in [0.2, 0.25) is 0 Å². The highest BCUT2D eigenvalue weighted by molar-refractivity contribution is 7.89. The lowest BCUT2D eigenvalue weighted by molar-refractivity contribution is 0.101. The fourth-order valence-electron chi connectivity index (χ4n) is 1.13. The van der Waals surface area contributed by atoms with Crippen LogP contribution in [-0.2, 0) is 10.0 Å². The van der Waals surface area contributed by atoms with E-state index in [9.17, 15) is 13.2 Å². The summed E-state index contributed by atoms with van der Waals surface area (Å²) >= 11 is 5.39. The number of Topliss-reactive ketones (excluding diaryl/α,β-unsaturated/α-hetero) is 1. The van der Waals surface area contributed by atoms with Gasteiger partial charge in [-0.05, 0) is 19.1 Å². The fourth-order valence-corrected chi connectivity index (χ4v) is 2.36. The van der Waals surface area contributed by atoms with E-state index >= 15 is 0 Å². The van der Waals surface area contributed by atoms with Crippen LogP contribution in [0.4, 0.5) is 0 Å². The van der Waals surface area contributed by atoms with E-state index in [1.165, 1.54) is 31.2 Å². The van der Waals surface area contributed by atoms with E-state index < -0.39 is 10.0 Å². The monoisotopic (exact) mass is 261 g/mol. The Morgan fingerprint density at radius 2 is 1.88 bits per heavy atom. The minimum Gasteiger partial charge on any atom is -0.295 e. The smallest absolute Gasteiger partial charge is 0.240 e. The molecule has 6 heteroatoms. The number of alkyl halides is 1. The Kier molecular flexibility index (Phi) is 4.46. The lowest BCUT2D eigenvalue weighted by atomic mass is 10.2. The lowest BCUT2D eigenvalue weighted by Crippen LogP contribution is -2.25. The number of carbonyl (C=O) groups is 1. The molecule has 0 aliphatic rings. The molecule has 1 aromatic carbocycles. The molecule has 4 nitrogen and oxygen atoms in total. The summed E-state index contributed by atoms with van der Waals surface area (Å²) in [5.41, 5.74) is 0.483. The Balaban J connectivity index is 2.93. The number of ketones is 1. The molecule has 0 heterocycles.